The molecule has 1 fully saturated rings. The van der Waals surface area contributed by atoms with Crippen LogP contribution in [0.5, 0.6) is 0 Å². The van der Waals surface area contributed by atoms with Gasteiger partial charge in [0.25, 0.3) is 0 Å². The van der Waals surface area contributed by atoms with Crippen LogP contribution < -0.4 is 0 Å². The smallest absolute Gasteiger partial charge is 0.131 e. The number of rotatable bonds is 4. The lowest BCUT2D eigenvalue weighted by atomic mass is 9.77. The van der Waals surface area contributed by atoms with Crippen molar-refractivity contribution >= 4 is 0 Å². The molecule has 0 saturated heterocycles. The topological polar surface area (TPSA) is 49.6 Å². The number of hydrogen-bond acceptors (Lipinski definition) is 3. The summed E-state index contributed by atoms with van der Waals surface area (Å²) in [5, 5.41) is 8.75. The molecule has 1 aromatic heterocycles. The van der Waals surface area contributed by atoms with E-state index in [0.29, 0.717) is 11.5 Å². The van der Waals surface area contributed by atoms with E-state index in [1.54, 1.807) is 12.4 Å². The van der Waals surface area contributed by atoms with Crippen LogP contribution in [0.3, 0.4) is 0 Å². The SMILES string of the molecule is CCC(C)CC1CCC(c2ncc(C#N)cn2)CC1. The molecule has 3 nitrogen and oxygen atoms in total. The predicted molar refractivity (Wildman–Crippen MR) is 75.5 cm³/mol. The molecule has 0 N–H and O–H groups in total. The minimum Gasteiger partial charge on any atom is -0.240 e. The second-order valence-electron chi connectivity index (χ2n) is 5.91. The summed E-state index contributed by atoms with van der Waals surface area (Å²) in [6.07, 6.45) is 11.0. The Hall–Kier alpha value is -1.43. The van der Waals surface area contributed by atoms with Crippen LogP contribution in [-0.4, -0.2) is 9.97 Å². The molecule has 1 heterocycles. The molecule has 0 radical (unpaired) electrons. The van der Waals surface area contributed by atoms with Crippen LogP contribution in [0.25, 0.3) is 0 Å². The van der Waals surface area contributed by atoms with Gasteiger partial charge in [0.15, 0.2) is 0 Å². The fourth-order valence-corrected chi connectivity index (χ4v) is 3.00. The summed E-state index contributed by atoms with van der Waals surface area (Å²) in [4.78, 5) is 8.68. The minimum absolute atomic E-state index is 0.501. The quantitative estimate of drug-likeness (QED) is 0.817. The van der Waals surface area contributed by atoms with E-state index in [2.05, 4.69) is 29.9 Å². The monoisotopic (exact) mass is 257 g/mol. The highest BCUT2D eigenvalue weighted by Gasteiger charge is 2.24. The molecule has 1 unspecified atom stereocenters. The summed E-state index contributed by atoms with van der Waals surface area (Å²) >= 11 is 0. The Balaban J connectivity index is 1.87. The largest absolute Gasteiger partial charge is 0.240 e. The maximum absolute atomic E-state index is 8.75. The zero-order valence-electron chi connectivity index (χ0n) is 12.0. The molecular weight excluding hydrogens is 234 g/mol. The maximum Gasteiger partial charge on any atom is 0.131 e. The van der Waals surface area contributed by atoms with Gasteiger partial charge < -0.3 is 0 Å². The van der Waals surface area contributed by atoms with Gasteiger partial charge >= 0.3 is 0 Å². The highest BCUT2D eigenvalue weighted by molar-refractivity contribution is 5.22. The Labute approximate surface area is 116 Å². The molecular formula is C16H23N3. The van der Waals surface area contributed by atoms with Crippen LogP contribution in [0, 0.1) is 23.2 Å². The molecule has 1 aliphatic carbocycles. The van der Waals surface area contributed by atoms with Gasteiger partial charge in [-0.15, -0.1) is 0 Å². The van der Waals surface area contributed by atoms with Crippen LogP contribution in [0.1, 0.15) is 69.7 Å². The molecule has 2 rings (SSSR count). The van der Waals surface area contributed by atoms with Crippen LogP contribution in [0.4, 0.5) is 0 Å². The third-order valence-electron chi connectivity index (χ3n) is 4.45. The Kier molecular flexibility index (Phi) is 4.90. The molecule has 3 heteroatoms. The average molecular weight is 257 g/mol. The standard InChI is InChI=1S/C16H23N3/c1-3-12(2)8-13-4-6-15(7-5-13)16-18-10-14(9-17)11-19-16/h10-13,15H,3-8H2,1-2H3. The van der Waals surface area contributed by atoms with Crippen molar-refractivity contribution in [2.75, 3.05) is 0 Å². The molecule has 0 aromatic carbocycles. The first-order chi connectivity index (χ1) is 9.22. The maximum atomic E-state index is 8.75. The number of nitriles is 1. The fraction of sp³-hybridized carbons (Fsp3) is 0.688. The Bertz CT molecular complexity index is 424. The Morgan fingerprint density at radius 2 is 1.89 bits per heavy atom. The number of aromatic nitrogens is 2. The van der Waals surface area contributed by atoms with E-state index in [9.17, 15) is 0 Å². The van der Waals surface area contributed by atoms with Gasteiger partial charge in [0.05, 0.1) is 5.56 Å². The van der Waals surface area contributed by atoms with Crippen molar-refractivity contribution in [3.63, 3.8) is 0 Å². The van der Waals surface area contributed by atoms with E-state index < -0.39 is 0 Å². The molecule has 0 spiro atoms. The van der Waals surface area contributed by atoms with E-state index >= 15 is 0 Å². The van der Waals surface area contributed by atoms with Gasteiger partial charge in [-0.3, -0.25) is 0 Å². The average Bonchev–Trinajstić information content (AvgIpc) is 2.48. The molecule has 1 aromatic rings. The molecule has 0 amide bonds. The minimum atomic E-state index is 0.501. The first-order valence-corrected chi connectivity index (χ1v) is 7.45. The van der Waals surface area contributed by atoms with E-state index in [0.717, 1.165) is 17.7 Å². The summed E-state index contributed by atoms with van der Waals surface area (Å²) in [6, 6.07) is 2.07. The molecule has 102 valence electrons. The Morgan fingerprint density at radius 1 is 1.26 bits per heavy atom. The summed E-state index contributed by atoms with van der Waals surface area (Å²) in [7, 11) is 0. The summed E-state index contributed by atoms with van der Waals surface area (Å²) in [5.74, 6) is 3.18. The van der Waals surface area contributed by atoms with E-state index in [1.807, 2.05) is 0 Å². The first kappa shape index (κ1) is 14.0. The molecule has 0 bridgehead atoms. The third kappa shape index (κ3) is 3.76. The van der Waals surface area contributed by atoms with Gasteiger partial charge in [0.1, 0.15) is 11.9 Å². The molecule has 0 aliphatic heterocycles. The normalized spacial score (nSPS) is 24.7. The van der Waals surface area contributed by atoms with Crippen LogP contribution in [-0.2, 0) is 0 Å². The molecule has 1 atom stereocenters. The Morgan fingerprint density at radius 3 is 2.42 bits per heavy atom. The van der Waals surface area contributed by atoms with Gasteiger partial charge in [-0.1, -0.05) is 20.3 Å². The molecule has 19 heavy (non-hydrogen) atoms. The highest BCUT2D eigenvalue weighted by Crippen LogP contribution is 2.37. The van der Waals surface area contributed by atoms with Crippen LogP contribution >= 0.6 is 0 Å². The van der Waals surface area contributed by atoms with Crippen molar-refractivity contribution in [1.29, 1.82) is 5.26 Å². The van der Waals surface area contributed by atoms with E-state index in [4.69, 9.17) is 5.26 Å². The van der Waals surface area contributed by atoms with E-state index in [-0.39, 0.29) is 0 Å². The van der Waals surface area contributed by atoms with Gasteiger partial charge in [-0.05, 0) is 43.9 Å². The second-order valence-corrected chi connectivity index (χ2v) is 5.91. The van der Waals surface area contributed by atoms with Crippen molar-refractivity contribution < 1.29 is 0 Å². The van der Waals surface area contributed by atoms with Crippen LogP contribution in [0.2, 0.25) is 0 Å². The van der Waals surface area contributed by atoms with Crippen molar-refractivity contribution in [2.24, 2.45) is 11.8 Å². The summed E-state index contributed by atoms with van der Waals surface area (Å²) in [6.45, 7) is 4.64. The predicted octanol–water partition coefficient (Wildman–Crippen LogP) is 4.06. The van der Waals surface area contributed by atoms with Crippen molar-refractivity contribution in [3.05, 3.63) is 23.8 Å². The fourth-order valence-electron chi connectivity index (χ4n) is 3.00. The van der Waals surface area contributed by atoms with Gasteiger partial charge in [0.2, 0.25) is 0 Å². The lowest BCUT2D eigenvalue weighted by Crippen LogP contribution is -2.17. The van der Waals surface area contributed by atoms with Gasteiger partial charge in [0, 0.05) is 18.3 Å². The number of nitrogens with zero attached hydrogens (tertiary/aromatic N) is 3. The lowest BCUT2D eigenvalue weighted by molar-refractivity contribution is 0.269. The van der Waals surface area contributed by atoms with Gasteiger partial charge in [-0.2, -0.15) is 5.26 Å². The van der Waals surface area contributed by atoms with Gasteiger partial charge in [-0.25, -0.2) is 9.97 Å². The summed E-state index contributed by atoms with van der Waals surface area (Å²) < 4.78 is 0. The number of hydrogen-bond donors (Lipinski definition) is 0. The lowest BCUT2D eigenvalue weighted by Gasteiger charge is -2.29. The molecule has 1 aliphatic rings. The van der Waals surface area contributed by atoms with Crippen LogP contribution in [0.15, 0.2) is 12.4 Å². The first-order valence-electron chi connectivity index (χ1n) is 7.45. The highest BCUT2D eigenvalue weighted by atomic mass is 14.9. The molecule has 1 saturated carbocycles. The van der Waals surface area contributed by atoms with Crippen molar-refractivity contribution in [2.45, 2.75) is 58.3 Å². The zero-order valence-corrected chi connectivity index (χ0v) is 12.0. The zero-order chi connectivity index (χ0) is 13.7. The van der Waals surface area contributed by atoms with Crippen molar-refractivity contribution in [3.8, 4) is 6.07 Å². The van der Waals surface area contributed by atoms with E-state index in [1.165, 1.54) is 38.5 Å². The second kappa shape index (κ2) is 6.65. The van der Waals surface area contributed by atoms with Crippen molar-refractivity contribution in [1.82, 2.24) is 9.97 Å². The third-order valence-corrected chi connectivity index (χ3v) is 4.45. The summed E-state index contributed by atoms with van der Waals surface area (Å²) in [5.41, 5.74) is 0.550.